The average molecular weight is 316 g/mol. The first-order valence-corrected chi connectivity index (χ1v) is 7.08. The van der Waals surface area contributed by atoms with Gasteiger partial charge >= 0.3 is 11.9 Å². The maximum atomic E-state index is 10.9. The molecule has 1 rings (SSSR count). The van der Waals surface area contributed by atoms with Crippen LogP contribution in [0.1, 0.15) is 16.7 Å². The fourth-order valence-electron chi connectivity index (χ4n) is 1.72. The molecule has 0 radical (unpaired) electrons. The first-order chi connectivity index (χ1) is 9.45. The van der Waals surface area contributed by atoms with Crippen molar-refractivity contribution in [3.63, 3.8) is 0 Å². The monoisotopic (exact) mass is 316 g/mol. The fraction of sp³-hybridized carbons (Fsp3) is 0.231. The van der Waals surface area contributed by atoms with Gasteiger partial charge < -0.3 is 10.2 Å². The maximum absolute atomic E-state index is 10.9. The summed E-state index contributed by atoms with van der Waals surface area (Å²) in [6.45, 7) is 5.22. The molecule has 0 aliphatic rings. The van der Waals surface area contributed by atoms with Gasteiger partial charge in [0.05, 0.1) is 4.90 Å². The molecule has 0 spiro atoms. The molecular formula is C13H16O7S. The summed E-state index contributed by atoms with van der Waals surface area (Å²) in [5.41, 5.74) is 2.16. The molecule has 0 unspecified atom stereocenters. The summed E-state index contributed by atoms with van der Waals surface area (Å²) in [6.07, 6.45) is 1.12. The Morgan fingerprint density at radius 1 is 0.952 bits per heavy atom. The normalized spacial score (nSPS) is 10.9. The summed E-state index contributed by atoms with van der Waals surface area (Å²) < 4.78 is 30.8. The number of aryl methyl sites for hydroxylation is 3. The van der Waals surface area contributed by atoms with Crippen LogP contribution in [0.5, 0.6) is 0 Å². The standard InChI is InChI=1S/C9H12O3S.C4H4O4/c1-6-4-7(2)9(8(3)5-6)13(10,11)12;5-3(6)1-2-4(7)8/h4-5H,1-3H3,(H,10,11,12);1-2H,(H,5,6)(H,7,8)/b;2-1-. The van der Waals surface area contributed by atoms with Gasteiger partial charge in [-0.15, -0.1) is 0 Å². The first kappa shape index (κ1) is 18.8. The molecule has 0 bridgehead atoms. The van der Waals surface area contributed by atoms with E-state index >= 15 is 0 Å². The minimum absolute atomic E-state index is 0.0260. The highest BCUT2D eigenvalue weighted by Crippen LogP contribution is 2.20. The first-order valence-electron chi connectivity index (χ1n) is 5.64. The quantitative estimate of drug-likeness (QED) is 0.570. The van der Waals surface area contributed by atoms with Gasteiger partial charge in [-0.2, -0.15) is 8.42 Å². The van der Waals surface area contributed by atoms with Gasteiger partial charge in [-0.05, 0) is 31.9 Å². The zero-order chi connectivity index (χ0) is 16.8. The van der Waals surface area contributed by atoms with Crippen molar-refractivity contribution < 1.29 is 32.8 Å². The predicted molar refractivity (Wildman–Crippen MR) is 74.9 cm³/mol. The van der Waals surface area contributed by atoms with E-state index in [1.807, 2.05) is 6.92 Å². The molecule has 21 heavy (non-hydrogen) atoms. The summed E-state index contributed by atoms with van der Waals surface area (Å²) in [7, 11) is -4.08. The van der Waals surface area contributed by atoms with E-state index < -0.39 is 22.1 Å². The van der Waals surface area contributed by atoms with Crippen molar-refractivity contribution in [1.29, 1.82) is 0 Å². The molecule has 116 valence electrons. The number of aliphatic carboxylic acids is 2. The molecule has 8 heteroatoms. The molecule has 0 saturated carbocycles. The lowest BCUT2D eigenvalue weighted by atomic mass is 10.1. The van der Waals surface area contributed by atoms with E-state index in [0.717, 1.165) is 5.56 Å². The highest BCUT2D eigenvalue weighted by atomic mass is 32.2. The predicted octanol–water partition coefficient (Wildman–Crippen LogP) is 1.57. The maximum Gasteiger partial charge on any atom is 0.328 e. The summed E-state index contributed by atoms with van der Waals surface area (Å²) in [6, 6.07) is 3.46. The smallest absolute Gasteiger partial charge is 0.328 e. The summed E-state index contributed by atoms with van der Waals surface area (Å²) >= 11 is 0. The second-order valence-corrected chi connectivity index (χ2v) is 5.57. The minimum atomic E-state index is -4.08. The third-order valence-electron chi connectivity index (χ3n) is 2.23. The number of rotatable bonds is 3. The number of carboxylic acid groups (broad SMARTS) is 2. The van der Waals surface area contributed by atoms with Crippen molar-refractivity contribution in [1.82, 2.24) is 0 Å². The molecule has 1 aromatic carbocycles. The highest BCUT2D eigenvalue weighted by molar-refractivity contribution is 7.86. The molecular weight excluding hydrogens is 300 g/mol. The number of hydrogen-bond acceptors (Lipinski definition) is 4. The Labute approximate surface area is 122 Å². The van der Waals surface area contributed by atoms with Gasteiger partial charge in [0.25, 0.3) is 10.1 Å². The van der Waals surface area contributed by atoms with E-state index in [9.17, 15) is 18.0 Å². The highest BCUT2D eigenvalue weighted by Gasteiger charge is 2.15. The summed E-state index contributed by atoms with van der Waals surface area (Å²) in [5, 5.41) is 15.6. The lowest BCUT2D eigenvalue weighted by molar-refractivity contribution is -0.134. The zero-order valence-electron chi connectivity index (χ0n) is 11.7. The van der Waals surface area contributed by atoms with Crippen LogP contribution < -0.4 is 0 Å². The van der Waals surface area contributed by atoms with E-state index in [4.69, 9.17) is 14.8 Å². The van der Waals surface area contributed by atoms with Gasteiger partial charge in [0.1, 0.15) is 0 Å². The van der Waals surface area contributed by atoms with Crippen LogP contribution >= 0.6 is 0 Å². The van der Waals surface area contributed by atoms with Crippen LogP contribution in [0.25, 0.3) is 0 Å². The Morgan fingerprint density at radius 3 is 1.52 bits per heavy atom. The number of carboxylic acids is 2. The minimum Gasteiger partial charge on any atom is -0.478 e. The van der Waals surface area contributed by atoms with Crippen LogP contribution in [0.4, 0.5) is 0 Å². The van der Waals surface area contributed by atoms with Crippen LogP contribution in [0, 0.1) is 20.8 Å². The second-order valence-electron chi connectivity index (χ2n) is 4.21. The molecule has 0 heterocycles. The Morgan fingerprint density at radius 2 is 1.29 bits per heavy atom. The van der Waals surface area contributed by atoms with Gasteiger partial charge in [0.2, 0.25) is 0 Å². The lowest BCUT2D eigenvalue weighted by Crippen LogP contribution is -2.04. The molecule has 1 aromatic rings. The fourth-order valence-corrected chi connectivity index (χ4v) is 2.65. The van der Waals surface area contributed by atoms with Crippen molar-refractivity contribution in [2.24, 2.45) is 0 Å². The van der Waals surface area contributed by atoms with Crippen LogP contribution in [0.3, 0.4) is 0 Å². The van der Waals surface area contributed by atoms with Crippen LogP contribution in [0.2, 0.25) is 0 Å². The van der Waals surface area contributed by atoms with E-state index in [-0.39, 0.29) is 4.90 Å². The molecule has 0 aromatic heterocycles. The van der Waals surface area contributed by atoms with Gasteiger partial charge in [-0.3, -0.25) is 4.55 Å². The van der Waals surface area contributed by atoms with Crippen LogP contribution in [-0.4, -0.2) is 35.1 Å². The molecule has 0 atom stereocenters. The Hall–Kier alpha value is -2.19. The topological polar surface area (TPSA) is 129 Å². The largest absolute Gasteiger partial charge is 0.478 e. The molecule has 7 nitrogen and oxygen atoms in total. The van der Waals surface area contributed by atoms with Crippen molar-refractivity contribution in [3.05, 3.63) is 41.0 Å². The molecule has 0 aliphatic heterocycles. The summed E-state index contributed by atoms with van der Waals surface area (Å²) in [4.78, 5) is 19.1. The van der Waals surface area contributed by atoms with Gasteiger partial charge in [-0.1, -0.05) is 17.7 Å². The third kappa shape index (κ3) is 7.23. The van der Waals surface area contributed by atoms with Crippen molar-refractivity contribution in [2.45, 2.75) is 25.7 Å². The SMILES string of the molecule is Cc1cc(C)c(S(=O)(=O)O)c(C)c1.O=C(O)/C=C\C(=O)O. The molecule has 0 fully saturated rings. The number of hydrogen-bond donors (Lipinski definition) is 3. The molecule has 0 saturated heterocycles. The lowest BCUT2D eigenvalue weighted by Gasteiger charge is -2.07. The third-order valence-corrected chi connectivity index (χ3v) is 3.39. The molecule has 3 N–H and O–H groups in total. The Balaban J connectivity index is 0.000000433. The molecule has 0 aliphatic carbocycles. The van der Waals surface area contributed by atoms with E-state index in [0.29, 0.717) is 23.3 Å². The second kappa shape index (κ2) is 7.55. The average Bonchev–Trinajstić information content (AvgIpc) is 2.23. The van der Waals surface area contributed by atoms with Crippen molar-refractivity contribution >= 4 is 22.1 Å². The Bertz CT molecular complexity index is 633. The summed E-state index contributed by atoms with van der Waals surface area (Å²) in [5.74, 6) is -2.51. The van der Waals surface area contributed by atoms with Gasteiger partial charge in [0, 0.05) is 12.2 Å². The molecule has 0 amide bonds. The Kier molecular flexibility index (Phi) is 6.77. The van der Waals surface area contributed by atoms with E-state index in [2.05, 4.69) is 0 Å². The van der Waals surface area contributed by atoms with Gasteiger partial charge in [0.15, 0.2) is 0 Å². The number of benzene rings is 1. The number of carbonyl (C=O) groups is 2. The van der Waals surface area contributed by atoms with E-state index in [1.54, 1.807) is 26.0 Å². The van der Waals surface area contributed by atoms with E-state index in [1.165, 1.54) is 0 Å². The zero-order valence-corrected chi connectivity index (χ0v) is 12.5. The van der Waals surface area contributed by atoms with Crippen molar-refractivity contribution in [3.8, 4) is 0 Å². The van der Waals surface area contributed by atoms with Gasteiger partial charge in [-0.25, -0.2) is 9.59 Å². The van der Waals surface area contributed by atoms with Crippen molar-refractivity contribution in [2.75, 3.05) is 0 Å². The van der Waals surface area contributed by atoms with Crippen LogP contribution in [0.15, 0.2) is 29.2 Å². The van der Waals surface area contributed by atoms with Crippen LogP contribution in [-0.2, 0) is 19.7 Å².